The molecule has 2 fully saturated rings. The van der Waals surface area contributed by atoms with Crippen LogP contribution in [0.5, 0.6) is 5.75 Å². The number of nitrogens with zero attached hydrogens (tertiary/aromatic N) is 1. The van der Waals surface area contributed by atoms with E-state index >= 15 is 0 Å². The fraction of sp³-hybridized carbons (Fsp3) is 0.385. The van der Waals surface area contributed by atoms with Gasteiger partial charge in [0.15, 0.2) is 0 Å². The maximum Gasteiger partial charge on any atom is 0.308 e. The summed E-state index contributed by atoms with van der Waals surface area (Å²) in [6.45, 7) is 0.0150. The molecule has 1 aromatic heterocycles. The molecule has 2 aliphatic carbocycles. The number of carbonyl (C=O) groups excluding carboxylic acids is 1. The van der Waals surface area contributed by atoms with E-state index in [1.807, 2.05) is 23.9 Å². The SMILES string of the molecule is COc1ccc(C2c3sc(=O)n(CC(=O)Nc4ccc(Cl)cc4)c3SC3C4CCC(C4)C23)cc1. The summed E-state index contributed by atoms with van der Waals surface area (Å²) in [5.41, 5.74) is 1.91. The highest BCUT2D eigenvalue weighted by Gasteiger charge is 2.55. The molecule has 5 atom stereocenters. The number of thiazole rings is 1. The van der Waals surface area contributed by atoms with Crippen molar-refractivity contribution in [3.63, 3.8) is 0 Å². The molecule has 176 valence electrons. The number of methoxy groups -OCH3 is 1. The summed E-state index contributed by atoms with van der Waals surface area (Å²) in [7, 11) is 1.68. The molecule has 1 aliphatic heterocycles. The van der Waals surface area contributed by atoms with Gasteiger partial charge < -0.3 is 10.1 Å². The van der Waals surface area contributed by atoms with Gasteiger partial charge in [-0.05, 0) is 79.0 Å². The first-order valence-electron chi connectivity index (χ1n) is 11.6. The fourth-order valence-corrected chi connectivity index (χ4v) is 9.43. The zero-order valence-electron chi connectivity index (χ0n) is 18.7. The lowest BCUT2D eigenvalue weighted by molar-refractivity contribution is -0.116. The Morgan fingerprint density at radius 3 is 2.59 bits per heavy atom. The van der Waals surface area contributed by atoms with E-state index in [-0.39, 0.29) is 23.2 Å². The number of hydrogen-bond donors (Lipinski definition) is 1. The molecule has 2 heterocycles. The third-order valence-corrected chi connectivity index (χ3v) is 10.7. The average molecular weight is 513 g/mol. The Bertz CT molecular complexity index is 1280. The van der Waals surface area contributed by atoms with Gasteiger partial charge in [0, 0.05) is 26.8 Å². The first-order valence-corrected chi connectivity index (χ1v) is 13.7. The van der Waals surface area contributed by atoms with Crippen LogP contribution >= 0.6 is 34.7 Å². The molecule has 3 aliphatic rings. The van der Waals surface area contributed by atoms with Gasteiger partial charge in [0.1, 0.15) is 12.3 Å². The van der Waals surface area contributed by atoms with Crippen LogP contribution in [0.2, 0.25) is 5.02 Å². The lowest BCUT2D eigenvalue weighted by atomic mass is 9.75. The first kappa shape index (κ1) is 22.3. The van der Waals surface area contributed by atoms with Crippen molar-refractivity contribution in [3.8, 4) is 5.75 Å². The number of fused-ring (bicyclic) bond motifs is 6. The monoisotopic (exact) mass is 512 g/mol. The minimum absolute atomic E-state index is 0.0150. The number of carbonyl (C=O) groups is 1. The number of nitrogens with one attached hydrogen (secondary N) is 1. The molecule has 2 saturated carbocycles. The molecule has 34 heavy (non-hydrogen) atoms. The van der Waals surface area contributed by atoms with Crippen LogP contribution in [0.15, 0.2) is 58.4 Å². The highest BCUT2D eigenvalue weighted by atomic mass is 35.5. The second kappa shape index (κ2) is 8.77. The summed E-state index contributed by atoms with van der Waals surface area (Å²) in [4.78, 5) is 27.1. The standard InChI is InChI=1S/C26H25ClN2O3S2/c1-32-19-10-4-14(5-11-19)21-22-15-2-3-16(12-15)23(22)33-25-24(21)34-26(31)29(25)13-20(30)28-18-8-6-17(27)7-9-18/h4-11,15-16,21-23H,2-3,12-13H2,1H3,(H,28,30). The summed E-state index contributed by atoms with van der Waals surface area (Å²) in [6, 6.07) is 15.3. The van der Waals surface area contributed by atoms with Crippen LogP contribution < -0.4 is 14.9 Å². The topological polar surface area (TPSA) is 60.3 Å². The summed E-state index contributed by atoms with van der Waals surface area (Å²) in [5.74, 6) is 2.77. The normalized spacial score (nSPS) is 26.7. The summed E-state index contributed by atoms with van der Waals surface area (Å²) in [5, 5.41) is 4.99. The number of benzene rings is 2. The number of aromatic nitrogens is 1. The number of amides is 1. The molecule has 3 aromatic rings. The van der Waals surface area contributed by atoms with Crippen LogP contribution in [-0.4, -0.2) is 22.8 Å². The number of halogens is 1. The van der Waals surface area contributed by atoms with Crippen molar-refractivity contribution in [1.29, 1.82) is 0 Å². The highest BCUT2D eigenvalue weighted by Crippen LogP contribution is 2.64. The molecule has 6 rings (SSSR count). The summed E-state index contributed by atoms with van der Waals surface area (Å²) in [6.07, 6.45) is 3.84. The van der Waals surface area contributed by atoms with Crippen molar-refractivity contribution in [2.45, 2.75) is 42.0 Å². The summed E-state index contributed by atoms with van der Waals surface area (Å²) >= 11 is 9.11. The van der Waals surface area contributed by atoms with E-state index in [4.69, 9.17) is 16.3 Å². The number of rotatable bonds is 5. The van der Waals surface area contributed by atoms with E-state index in [1.54, 1.807) is 35.9 Å². The quantitative estimate of drug-likeness (QED) is 0.465. The Morgan fingerprint density at radius 1 is 1.12 bits per heavy atom. The average Bonchev–Trinajstić information content (AvgIpc) is 3.54. The van der Waals surface area contributed by atoms with Gasteiger partial charge in [-0.1, -0.05) is 35.1 Å². The van der Waals surface area contributed by atoms with Gasteiger partial charge in [-0.3, -0.25) is 14.2 Å². The van der Waals surface area contributed by atoms with Crippen molar-refractivity contribution < 1.29 is 9.53 Å². The van der Waals surface area contributed by atoms with Crippen molar-refractivity contribution in [3.05, 3.63) is 73.7 Å². The minimum atomic E-state index is -0.207. The van der Waals surface area contributed by atoms with E-state index < -0.39 is 0 Å². The molecule has 5 unspecified atom stereocenters. The first-order chi connectivity index (χ1) is 16.5. The van der Waals surface area contributed by atoms with Gasteiger partial charge >= 0.3 is 4.87 Å². The molecule has 0 saturated heterocycles. The van der Waals surface area contributed by atoms with Crippen LogP contribution in [0, 0.1) is 17.8 Å². The van der Waals surface area contributed by atoms with Crippen LogP contribution in [0.1, 0.15) is 35.6 Å². The predicted octanol–water partition coefficient (Wildman–Crippen LogP) is 5.86. The Kier molecular flexibility index (Phi) is 5.74. The van der Waals surface area contributed by atoms with Crippen molar-refractivity contribution >= 4 is 46.3 Å². The fourth-order valence-electron chi connectivity index (χ4n) is 6.15. The zero-order valence-corrected chi connectivity index (χ0v) is 21.1. The van der Waals surface area contributed by atoms with E-state index in [0.29, 0.717) is 33.7 Å². The molecule has 8 heteroatoms. The maximum atomic E-state index is 13.2. The van der Waals surface area contributed by atoms with Gasteiger partial charge in [0.2, 0.25) is 5.91 Å². The third kappa shape index (κ3) is 3.78. The minimum Gasteiger partial charge on any atom is -0.497 e. The second-order valence-corrected chi connectivity index (χ2v) is 12.0. The zero-order chi connectivity index (χ0) is 23.4. The molecule has 0 radical (unpaired) electrons. The van der Waals surface area contributed by atoms with Crippen LogP contribution in [0.4, 0.5) is 5.69 Å². The molecular weight excluding hydrogens is 488 g/mol. The van der Waals surface area contributed by atoms with Gasteiger partial charge in [0.25, 0.3) is 0 Å². The smallest absolute Gasteiger partial charge is 0.308 e. The third-order valence-electron chi connectivity index (χ3n) is 7.60. The Hall–Kier alpha value is -2.22. The molecule has 5 nitrogen and oxygen atoms in total. The molecule has 1 amide bonds. The van der Waals surface area contributed by atoms with Gasteiger partial charge in [-0.2, -0.15) is 0 Å². The molecular formula is C26H25ClN2O3S2. The van der Waals surface area contributed by atoms with Crippen molar-refractivity contribution in [2.75, 3.05) is 12.4 Å². The predicted molar refractivity (Wildman–Crippen MR) is 137 cm³/mol. The van der Waals surface area contributed by atoms with E-state index in [1.165, 1.54) is 36.2 Å². The number of anilines is 1. The molecule has 2 aromatic carbocycles. The van der Waals surface area contributed by atoms with Crippen LogP contribution in [-0.2, 0) is 11.3 Å². The van der Waals surface area contributed by atoms with Gasteiger partial charge in [-0.15, -0.1) is 11.8 Å². The molecule has 1 N–H and O–H groups in total. The molecule has 2 bridgehead atoms. The summed E-state index contributed by atoms with van der Waals surface area (Å²) < 4.78 is 7.07. The highest BCUT2D eigenvalue weighted by molar-refractivity contribution is 8.00. The van der Waals surface area contributed by atoms with Gasteiger partial charge in [-0.25, -0.2) is 0 Å². The number of thioether (sulfide) groups is 1. The lowest BCUT2D eigenvalue weighted by Gasteiger charge is -2.40. The largest absolute Gasteiger partial charge is 0.497 e. The maximum absolute atomic E-state index is 13.2. The number of ether oxygens (including phenoxy) is 1. The van der Waals surface area contributed by atoms with E-state index in [9.17, 15) is 9.59 Å². The number of hydrogen-bond acceptors (Lipinski definition) is 5. The van der Waals surface area contributed by atoms with Crippen LogP contribution in [0.25, 0.3) is 0 Å². The molecule has 0 spiro atoms. The lowest BCUT2D eigenvalue weighted by Crippen LogP contribution is -2.34. The van der Waals surface area contributed by atoms with E-state index in [2.05, 4.69) is 17.4 Å². The Morgan fingerprint density at radius 2 is 1.85 bits per heavy atom. The second-order valence-electron chi connectivity index (χ2n) is 9.42. The Labute approximate surface area is 211 Å². The van der Waals surface area contributed by atoms with Crippen molar-refractivity contribution in [2.24, 2.45) is 17.8 Å². The Balaban J connectivity index is 1.35. The van der Waals surface area contributed by atoms with Crippen LogP contribution in [0.3, 0.4) is 0 Å². The van der Waals surface area contributed by atoms with Crippen molar-refractivity contribution in [1.82, 2.24) is 4.57 Å². The van der Waals surface area contributed by atoms with Gasteiger partial charge in [0.05, 0.1) is 12.1 Å². The van der Waals surface area contributed by atoms with E-state index in [0.717, 1.165) is 15.7 Å².